The molecule has 1 rings (SSSR count). The van der Waals surface area contributed by atoms with Gasteiger partial charge in [0.15, 0.2) is 0 Å². The fraction of sp³-hybridized carbons (Fsp3) is 0.471. The topological polar surface area (TPSA) is 97.0 Å². The molecule has 0 aliphatic rings. The van der Waals surface area contributed by atoms with Crippen molar-refractivity contribution in [2.45, 2.75) is 20.8 Å². The van der Waals surface area contributed by atoms with Crippen molar-refractivity contribution in [3.05, 3.63) is 24.3 Å². The number of carbonyl (C=O) groups is 3. The number of rotatable bonds is 9. The van der Waals surface area contributed by atoms with Crippen LogP contribution in [-0.2, 0) is 14.3 Å². The molecule has 1 aromatic rings. The Kier molecular flexibility index (Phi) is 9.02. The Morgan fingerprint density at radius 2 is 1.68 bits per heavy atom. The highest BCUT2D eigenvalue weighted by Crippen LogP contribution is 2.23. The first-order valence-electron chi connectivity index (χ1n) is 8.20. The van der Waals surface area contributed by atoms with Gasteiger partial charge in [-0.25, -0.2) is 4.79 Å². The Bertz CT molecular complexity index is 591. The summed E-state index contributed by atoms with van der Waals surface area (Å²) in [5, 5.41) is 4.87. The summed E-state index contributed by atoms with van der Waals surface area (Å²) in [6.45, 7) is 6.38. The number of imide groups is 1. The highest BCUT2D eigenvalue weighted by atomic mass is 16.5. The summed E-state index contributed by atoms with van der Waals surface area (Å²) in [7, 11) is 0. The number of hydrogen-bond donors (Lipinski definition) is 2. The number of carbonyl (C=O) groups excluding carboxylic acids is 3. The van der Waals surface area contributed by atoms with Gasteiger partial charge in [-0.1, -0.05) is 19.1 Å². The smallest absolute Gasteiger partial charge is 0.413 e. The van der Waals surface area contributed by atoms with Crippen molar-refractivity contribution >= 4 is 23.6 Å². The van der Waals surface area contributed by atoms with Gasteiger partial charge < -0.3 is 14.8 Å². The number of nitrogens with one attached hydrogen (secondary N) is 2. The zero-order chi connectivity index (χ0) is 18.7. The largest absolute Gasteiger partial charge is 0.492 e. The Hall–Kier alpha value is -2.61. The normalized spacial score (nSPS) is 10.2. The number of hydrogen-bond acceptors (Lipinski definition) is 6. The molecular weight excluding hydrogens is 326 g/mol. The van der Waals surface area contributed by atoms with Gasteiger partial charge in [0, 0.05) is 0 Å². The lowest BCUT2D eigenvalue weighted by atomic mass is 10.3. The predicted molar refractivity (Wildman–Crippen MR) is 93.5 cm³/mol. The summed E-state index contributed by atoms with van der Waals surface area (Å²) < 4.78 is 10.1. The van der Waals surface area contributed by atoms with Crippen molar-refractivity contribution in [1.82, 2.24) is 10.2 Å². The Labute approximate surface area is 147 Å². The Morgan fingerprint density at radius 3 is 2.32 bits per heavy atom. The van der Waals surface area contributed by atoms with Crippen molar-refractivity contribution < 1.29 is 23.9 Å². The molecule has 0 unspecified atom stereocenters. The first kappa shape index (κ1) is 20.4. The second-order valence-corrected chi connectivity index (χ2v) is 5.05. The molecule has 0 saturated carbocycles. The molecule has 0 saturated heterocycles. The number of benzene rings is 1. The van der Waals surface area contributed by atoms with Gasteiger partial charge in [0.1, 0.15) is 5.75 Å². The lowest BCUT2D eigenvalue weighted by Gasteiger charge is -2.19. The molecule has 0 atom stereocenters. The van der Waals surface area contributed by atoms with E-state index in [1.54, 1.807) is 30.0 Å². The van der Waals surface area contributed by atoms with E-state index in [-0.39, 0.29) is 25.6 Å². The molecule has 0 aromatic heterocycles. The summed E-state index contributed by atoms with van der Waals surface area (Å²) >= 11 is 0. The maximum absolute atomic E-state index is 12.2. The summed E-state index contributed by atoms with van der Waals surface area (Å²) in [4.78, 5) is 36.8. The second kappa shape index (κ2) is 11.0. The van der Waals surface area contributed by atoms with Gasteiger partial charge >= 0.3 is 6.09 Å². The molecule has 0 fully saturated rings. The molecule has 2 N–H and O–H groups in total. The van der Waals surface area contributed by atoms with Gasteiger partial charge in [0.05, 0.1) is 32.0 Å². The highest BCUT2D eigenvalue weighted by Gasteiger charge is 2.16. The van der Waals surface area contributed by atoms with E-state index in [4.69, 9.17) is 4.74 Å². The first-order valence-corrected chi connectivity index (χ1v) is 8.20. The van der Waals surface area contributed by atoms with E-state index < -0.39 is 12.0 Å². The van der Waals surface area contributed by atoms with Crippen LogP contribution in [0, 0.1) is 0 Å². The maximum Gasteiger partial charge on any atom is 0.413 e. The molecule has 8 nitrogen and oxygen atoms in total. The molecule has 0 heterocycles. The average Bonchev–Trinajstić information content (AvgIpc) is 2.56. The fourth-order valence-corrected chi connectivity index (χ4v) is 2.05. The zero-order valence-electron chi connectivity index (χ0n) is 14.8. The van der Waals surface area contributed by atoms with Gasteiger partial charge in [0.2, 0.25) is 11.8 Å². The maximum atomic E-state index is 12.2. The molecule has 0 spiro atoms. The van der Waals surface area contributed by atoms with Crippen molar-refractivity contribution in [3.63, 3.8) is 0 Å². The molecule has 0 radical (unpaired) electrons. The summed E-state index contributed by atoms with van der Waals surface area (Å²) in [6, 6.07) is 7.12. The molecule has 138 valence electrons. The molecule has 8 heteroatoms. The van der Waals surface area contributed by atoms with Crippen LogP contribution in [0.5, 0.6) is 5.75 Å². The number of ether oxygens (including phenoxy) is 2. The van der Waals surface area contributed by atoms with Crippen LogP contribution in [0.3, 0.4) is 0 Å². The molecule has 25 heavy (non-hydrogen) atoms. The lowest BCUT2D eigenvalue weighted by Crippen LogP contribution is -2.43. The minimum absolute atomic E-state index is 0.00715. The molecular formula is C17H25N3O5. The van der Waals surface area contributed by atoms with E-state index in [2.05, 4.69) is 15.4 Å². The monoisotopic (exact) mass is 351 g/mol. The van der Waals surface area contributed by atoms with Crippen molar-refractivity contribution in [3.8, 4) is 5.75 Å². The quantitative estimate of drug-likeness (QED) is 0.702. The van der Waals surface area contributed by atoms with E-state index >= 15 is 0 Å². The van der Waals surface area contributed by atoms with E-state index in [0.717, 1.165) is 0 Å². The Balaban J connectivity index is 2.56. The molecule has 1 aromatic carbocycles. The summed E-state index contributed by atoms with van der Waals surface area (Å²) in [5.41, 5.74) is 0.571. The van der Waals surface area contributed by atoms with Crippen molar-refractivity contribution in [1.29, 1.82) is 0 Å². The van der Waals surface area contributed by atoms with Crippen LogP contribution in [0.15, 0.2) is 24.3 Å². The van der Waals surface area contributed by atoms with Crippen LogP contribution >= 0.6 is 0 Å². The molecule has 3 amide bonds. The van der Waals surface area contributed by atoms with Gasteiger partial charge in [-0.3, -0.25) is 19.8 Å². The Morgan fingerprint density at radius 1 is 1.00 bits per heavy atom. The minimum Gasteiger partial charge on any atom is -0.492 e. The minimum atomic E-state index is -0.793. The van der Waals surface area contributed by atoms with Gasteiger partial charge in [0.25, 0.3) is 0 Å². The molecule has 0 aliphatic heterocycles. The third-order valence-electron chi connectivity index (χ3n) is 3.16. The van der Waals surface area contributed by atoms with Crippen molar-refractivity contribution in [2.24, 2.45) is 0 Å². The third-order valence-corrected chi connectivity index (χ3v) is 3.16. The number of amides is 3. The summed E-state index contributed by atoms with van der Waals surface area (Å²) in [5.74, 6) is -0.220. The zero-order valence-corrected chi connectivity index (χ0v) is 14.8. The predicted octanol–water partition coefficient (Wildman–Crippen LogP) is 1.62. The summed E-state index contributed by atoms with van der Waals surface area (Å²) in [6.07, 6.45) is -0.793. The first-order chi connectivity index (χ1) is 12.0. The number of para-hydroxylation sites is 2. The van der Waals surface area contributed by atoms with Crippen LogP contribution in [0.4, 0.5) is 10.5 Å². The standard InChI is InChI=1S/C17H25N3O5/c1-4-20(12-16(22)19-17(23)25-6-3)11-15(21)18-13-9-7-8-10-14(13)24-5-2/h7-10H,4-6,11-12H2,1-3H3,(H,18,21)(H,19,22,23). The highest BCUT2D eigenvalue weighted by molar-refractivity contribution is 5.95. The van der Waals surface area contributed by atoms with E-state index in [1.807, 2.05) is 19.9 Å². The third kappa shape index (κ3) is 7.67. The van der Waals surface area contributed by atoms with Gasteiger partial charge in [-0.2, -0.15) is 0 Å². The fourth-order valence-electron chi connectivity index (χ4n) is 2.05. The van der Waals surface area contributed by atoms with Crippen molar-refractivity contribution in [2.75, 3.05) is 38.2 Å². The average molecular weight is 351 g/mol. The van der Waals surface area contributed by atoms with Gasteiger partial charge in [-0.15, -0.1) is 0 Å². The van der Waals surface area contributed by atoms with E-state index in [0.29, 0.717) is 24.6 Å². The van der Waals surface area contributed by atoms with Crippen LogP contribution in [0.1, 0.15) is 20.8 Å². The molecule has 0 aliphatic carbocycles. The SMILES string of the molecule is CCOC(=O)NC(=O)CN(CC)CC(=O)Nc1ccccc1OCC. The number of anilines is 1. The van der Waals surface area contributed by atoms with E-state index in [1.165, 1.54) is 0 Å². The number of likely N-dealkylation sites (N-methyl/N-ethyl adjacent to an activating group) is 1. The lowest BCUT2D eigenvalue weighted by molar-refractivity contribution is -0.122. The van der Waals surface area contributed by atoms with Crippen LogP contribution in [-0.4, -0.2) is 55.7 Å². The number of alkyl carbamates (subject to hydrolysis) is 1. The van der Waals surface area contributed by atoms with Gasteiger partial charge in [-0.05, 0) is 32.5 Å². The second-order valence-electron chi connectivity index (χ2n) is 5.05. The molecule has 0 bridgehead atoms. The van der Waals surface area contributed by atoms with Crippen LogP contribution in [0.25, 0.3) is 0 Å². The van der Waals surface area contributed by atoms with E-state index in [9.17, 15) is 14.4 Å². The number of nitrogens with zero attached hydrogens (tertiary/aromatic N) is 1. The van der Waals surface area contributed by atoms with Crippen LogP contribution < -0.4 is 15.4 Å². The van der Waals surface area contributed by atoms with Crippen LogP contribution in [0.2, 0.25) is 0 Å².